The van der Waals surface area contributed by atoms with Crippen LogP contribution >= 0.6 is 36.4 Å². The van der Waals surface area contributed by atoms with E-state index in [1.807, 2.05) is 12.1 Å². The van der Waals surface area contributed by atoms with Gasteiger partial charge in [-0.1, -0.05) is 23.7 Å². The summed E-state index contributed by atoms with van der Waals surface area (Å²) in [5, 5.41) is 4.19. The molecule has 0 saturated carbocycles. The third kappa shape index (κ3) is 7.11. The molecule has 0 aromatic heterocycles. The predicted octanol–water partition coefficient (Wildman–Crippen LogP) is 2.52. The molecule has 1 N–H and O–H groups in total. The van der Waals surface area contributed by atoms with Gasteiger partial charge in [0.05, 0.1) is 0 Å². The van der Waals surface area contributed by atoms with Crippen LogP contribution in [0.1, 0.15) is 5.56 Å². The highest BCUT2D eigenvalue weighted by Gasteiger charge is 2.10. The van der Waals surface area contributed by atoms with Gasteiger partial charge < -0.3 is 10.2 Å². The molecular formula is C14H24Cl3N3. The van der Waals surface area contributed by atoms with Gasteiger partial charge in [0, 0.05) is 50.8 Å². The van der Waals surface area contributed by atoms with Crippen LogP contribution in [0, 0.1) is 0 Å². The van der Waals surface area contributed by atoms with Crippen molar-refractivity contribution in [1.29, 1.82) is 0 Å². The number of nitrogens with zero attached hydrogens (tertiary/aromatic N) is 2. The van der Waals surface area contributed by atoms with Crippen molar-refractivity contribution in [3.8, 4) is 0 Å². The normalized spacial score (nSPS) is 15.6. The van der Waals surface area contributed by atoms with Gasteiger partial charge in [0.15, 0.2) is 0 Å². The molecule has 0 radical (unpaired) electrons. The predicted molar refractivity (Wildman–Crippen MR) is 91.6 cm³/mol. The summed E-state index contributed by atoms with van der Waals surface area (Å²) in [5.74, 6) is 0. The Morgan fingerprint density at radius 1 is 1.15 bits per heavy atom. The number of halogens is 3. The van der Waals surface area contributed by atoms with Crippen molar-refractivity contribution in [2.75, 3.05) is 46.3 Å². The maximum atomic E-state index is 5.88. The quantitative estimate of drug-likeness (QED) is 0.888. The number of hydrogen-bond donors (Lipinski definition) is 1. The number of nitrogens with one attached hydrogen (secondary N) is 1. The van der Waals surface area contributed by atoms with Crippen molar-refractivity contribution >= 4 is 36.4 Å². The minimum absolute atomic E-state index is 0. The first kappa shape index (κ1) is 20.0. The number of likely N-dealkylation sites (N-methyl/N-ethyl adjacent to an activating group) is 1. The van der Waals surface area contributed by atoms with E-state index in [2.05, 4.69) is 34.3 Å². The summed E-state index contributed by atoms with van der Waals surface area (Å²) in [6.45, 7) is 7.86. The summed E-state index contributed by atoms with van der Waals surface area (Å²) in [6, 6.07) is 8.12. The molecule has 3 nitrogen and oxygen atoms in total. The van der Waals surface area contributed by atoms with Crippen LogP contribution in [0.2, 0.25) is 5.02 Å². The SMILES string of the molecule is CN(CCN1CCNCC1)Cc1ccc(Cl)cc1.Cl.Cl. The van der Waals surface area contributed by atoms with Crippen LogP contribution in [0.5, 0.6) is 0 Å². The number of rotatable bonds is 5. The molecule has 20 heavy (non-hydrogen) atoms. The van der Waals surface area contributed by atoms with Crippen molar-refractivity contribution in [2.45, 2.75) is 6.54 Å². The molecule has 1 aliphatic rings. The molecule has 1 heterocycles. The van der Waals surface area contributed by atoms with E-state index < -0.39 is 0 Å². The van der Waals surface area contributed by atoms with Crippen LogP contribution in [-0.2, 0) is 6.54 Å². The van der Waals surface area contributed by atoms with Crippen LogP contribution in [0.4, 0.5) is 0 Å². The first-order valence-corrected chi connectivity index (χ1v) is 6.98. The topological polar surface area (TPSA) is 18.5 Å². The summed E-state index contributed by atoms with van der Waals surface area (Å²) in [4.78, 5) is 4.89. The van der Waals surface area contributed by atoms with Crippen LogP contribution in [0.15, 0.2) is 24.3 Å². The first-order chi connectivity index (χ1) is 8.74. The highest BCUT2D eigenvalue weighted by Crippen LogP contribution is 2.10. The van der Waals surface area contributed by atoms with Crippen LogP contribution in [0.3, 0.4) is 0 Å². The minimum Gasteiger partial charge on any atom is -0.314 e. The van der Waals surface area contributed by atoms with E-state index in [0.717, 1.165) is 37.7 Å². The zero-order valence-electron chi connectivity index (χ0n) is 11.8. The van der Waals surface area contributed by atoms with E-state index in [9.17, 15) is 0 Å². The lowest BCUT2D eigenvalue weighted by molar-refractivity contribution is 0.202. The molecule has 2 rings (SSSR count). The van der Waals surface area contributed by atoms with Crippen molar-refractivity contribution in [3.63, 3.8) is 0 Å². The molecule has 6 heteroatoms. The standard InChI is InChI=1S/C14H22ClN3.2ClH/c1-17(10-11-18-8-6-16-7-9-18)12-13-2-4-14(15)5-3-13;;/h2-5,16H,6-12H2,1H3;2*1H. The lowest BCUT2D eigenvalue weighted by Gasteiger charge is -2.29. The van der Waals surface area contributed by atoms with Gasteiger partial charge in [-0.25, -0.2) is 0 Å². The van der Waals surface area contributed by atoms with Crippen molar-refractivity contribution in [1.82, 2.24) is 15.1 Å². The summed E-state index contributed by atoms with van der Waals surface area (Å²) in [5.41, 5.74) is 1.32. The van der Waals surface area contributed by atoms with Gasteiger partial charge >= 0.3 is 0 Å². The molecule has 0 bridgehead atoms. The largest absolute Gasteiger partial charge is 0.314 e. The van der Waals surface area contributed by atoms with E-state index in [-0.39, 0.29) is 24.8 Å². The number of piperazine rings is 1. The van der Waals surface area contributed by atoms with Crippen LogP contribution in [-0.4, -0.2) is 56.1 Å². The second-order valence-electron chi connectivity index (χ2n) is 4.96. The Morgan fingerprint density at radius 2 is 1.75 bits per heavy atom. The number of benzene rings is 1. The fourth-order valence-corrected chi connectivity index (χ4v) is 2.35. The fraction of sp³-hybridized carbons (Fsp3) is 0.571. The summed E-state index contributed by atoms with van der Waals surface area (Å²) < 4.78 is 0. The molecule has 1 aliphatic heterocycles. The highest BCUT2D eigenvalue weighted by molar-refractivity contribution is 6.30. The fourth-order valence-electron chi connectivity index (χ4n) is 2.23. The zero-order valence-corrected chi connectivity index (χ0v) is 14.2. The molecule has 0 amide bonds. The Balaban J connectivity index is 0.00000180. The third-order valence-electron chi connectivity index (χ3n) is 3.37. The van der Waals surface area contributed by atoms with Gasteiger partial charge in [-0.2, -0.15) is 0 Å². The van der Waals surface area contributed by atoms with E-state index in [4.69, 9.17) is 11.6 Å². The first-order valence-electron chi connectivity index (χ1n) is 6.60. The Hall–Kier alpha value is -0.0300. The van der Waals surface area contributed by atoms with E-state index >= 15 is 0 Å². The Labute approximate surface area is 139 Å². The van der Waals surface area contributed by atoms with Crippen molar-refractivity contribution in [2.24, 2.45) is 0 Å². The average Bonchev–Trinajstić information content (AvgIpc) is 2.40. The lowest BCUT2D eigenvalue weighted by atomic mass is 10.2. The summed E-state index contributed by atoms with van der Waals surface area (Å²) >= 11 is 5.88. The maximum Gasteiger partial charge on any atom is 0.0406 e. The molecular weight excluding hydrogens is 317 g/mol. The van der Waals surface area contributed by atoms with Crippen molar-refractivity contribution < 1.29 is 0 Å². The summed E-state index contributed by atoms with van der Waals surface area (Å²) in [6.07, 6.45) is 0. The van der Waals surface area contributed by atoms with Gasteiger partial charge in [-0.15, -0.1) is 24.8 Å². The number of hydrogen-bond acceptors (Lipinski definition) is 3. The Morgan fingerprint density at radius 3 is 2.35 bits per heavy atom. The maximum absolute atomic E-state index is 5.88. The molecule has 0 atom stereocenters. The molecule has 0 unspecified atom stereocenters. The zero-order chi connectivity index (χ0) is 12.8. The van der Waals surface area contributed by atoms with Crippen molar-refractivity contribution in [3.05, 3.63) is 34.9 Å². The van der Waals surface area contributed by atoms with E-state index in [0.29, 0.717) is 0 Å². The molecule has 0 spiro atoms. The smallest absolute Gasteiger partial charge is 0.0406 e. The van der Waals surface area contributed by atoms with Gasteiger partial charge in [0.2, 0.25) is 0 Å². The van der Waals surface area contributed by atoms with Gasteiger partial charge in [0.1, 0.15) is 0 Å². The molecule has 1 saturated heterocycles. The minimum atomic E-state index is 0. The highest BCUT2D eigenvalue weighted by atomic mass is 35.5. The second kappa shape index (κ2) is 10.7. The lowest BCUT2D eigenvalue weighted by Crippen LogP contribution is -2.45. The molecule has 0 aliphatic carbocycles. The average molecular weight is 341 g/mol. The van der Waals surface area contributed by atoms with Crippen LogP contribution < -0.4 is 5.32 Å². The molecule has 116 valence electrons. The summed E-state index contributed by atoms with van der Waals surface area (Å²) in [7, 11) is 2.18. The van der Waals surface area contributed by atoms with E-state index in [1.165, 1.54) is 18.7 Å². The van der Waals surface area contributed by atoms with Gasteiger partial charge in [-0.05, 0) is 24.7 Å². The van der Waals surface area contributed by atoms with Gasteiger partial charge in [-0.3, -0.25) is 4.90 Å². The Kier molecular flexibility index (Phi) is 10.6. The molecule has 1 aromatic rings. The second-order valence-corrected chi connectivity index (χ2v) is 5.39. The van der Waals surface area contributed by atoms with Gasteiger partial charge in [0.25, 0.3) is 0 Å². The monoisotopic (exact) mass is 339 g/mol. The molecule has 1 aromatic carbocycles. The van der Waals surface area contributed by atoms with E-state index in [1.54, 1.807) is 0 Å². The Bertz CT molecular complexity index is 353. The van der Waals surface area contributed by atoms with Crippen LogP contribution in [0.25, 0.3) is 0 Å². The third-order valence-corrected chi connectivity index (χ3v) is 3.63. The molecule has 1 fully saturated rings.